The van der Waals surface area contributed by atoms with Crippen molar-refractivity contribution in [2.24, 2.45) is 0 Å². The highest BCUT2D eigenvalue weighted by Gasteiger charge is 2.10. The van der Waals surface area contributed by atoms with Crippen LogP contribution in [0.15, 0.2) is 0 Å². The molecule has 0 aromatic carbocycles. The summed E-state index contributed by atoms with van der Waals surface area (Å²) in [7, 11) is 0. The lowest BCUT2D eigenvalue weighted by Gasteiger charge is -2.15. The lowest BCUT2D eigenvalue weighted by molar-refractivity contribution is 0.0543. The van der Waals surface area contributed by atoms with Crippen molar-refractivity contribution in [3.05, 3.63) is 0 Å². The van der Waals surface area contributed by atoms with Gasteiger partial charge in [0.2, 0.25) is 0 Å². The minimum absolute atomic E-state index is 0.434. The fourth-order valence-electron chi connectivity index (χ4n) is 0.362. The van der Waals surface area contributed by atoms with Gasteiger partial charge in [-0.25, -0.2) is 5.48 Å². The van der Waals surface area contributed by atoms with Crippen LogP contribution in [-0.2, 0) is 0 Å². The summed E-state index contributed by atoms with van der Waals surface area (Å²) in [5.74, 6) is 0. The highest BCUT2D eigenvalue weighted by Crippen LogP contribution is 2.04. The van der Waals surface area contributed by atoms with Gasteiger partial charge in [0.25, 0.3) is 0 Å². The molecule has 0 aliphatic carbocycles. The van der Waals surface area contributed by atoms with Gasteiger partial charge in [0, 0.05) is 6.54 Å². The van der Waals surface area contributed by atoms with Gasteiger partial charge >= 0.3 is 0 Å². The normalized spacial score (nSPS) is 12.0. The summed E-state index contributed by atoms with van der Waals surface area (Å²) >= 11 is 0. The third-order valence-electron chi connectivity index (χ3n) is 0.849. The standard InChI is InChI=1S/C5H13NO2/c1-5(2,7)3-4-6-8/h6-8H,3-4H2,1-2H3. The summed E-state index contributed by atoms with van der Waals surface area (Å²) in [5.41, 5.74) is 1.29. The van der Waals surface area contributed by atoms with Crippen LogP contribution in [0.25, 0.3) is 0 Å². The molecule has 0 amide bonds. The molecule has 8 heavy (non-hydrogen) atoms. The molecule has 0 aromatic heterocycles. The van der Waals surface area contributed by atoms with Gasteiger partial charge in [-0.05, 0) is 20.3 Å². The summed E-state index contributed by atoms with van der Waals surface area (Å²) in [6, 6.07) is 0. The first-order valence-corrected chi connectivity index (χ1v) is 2.65. The molecule has 3 N–H and O–H groups in total. The highest BCUT2D eigenvalue weighted by atomic mass is 16.5. The van der Waals surface area contributed by atoms with E-state index in [1.807, 2.05) is 5.48 Å². The lowest BCUT2D eigenvalue weighted by atomic mass is 10.1. The van der Waals surface area contributed by atoms with Crippen LogP contribution in [0.4, 0.5) is 0 Å². The van der Waals surface area contributed by atoms with Gasteiger partial charge in [0.1, 0.15) is 0 Å². The van der Waals surface area contributed by atoms with Crippen LogP contribution in [0.3, 0.4) is 0 Å². The average molecular weight is 119 g/mol. The Morgan fingerprint density at radius 3 is 2.12 bits per heavy atom. The number of nitrogens with one attached hydrogen (secondary N) is 1. The van der Waals surface area contributed by atoms with E-state index >= 15 is 0 Å². The van der Waals surface area contributed by atoms with Gasteiger partial charge in [-0.15, -0.1) is 0 Å². The molecular weight excluding hydrogens is 106 g/mol. The minimum Gasteiger partial charge on any atom is -0.390 e. The van der Waals surface area contributed by atoms with Crippen molar-refractivity contribution in [3.63, 3.8) is 0 Å². The van der Waals surface area contributed by atoms with Crippen LogP contribution >= 0.6 is 0 Å². The fraction of sp³-hybridized carbons (Fsp3) is 1.00. The Hall–Kier alpha value is -0.120. The summed E-state index contributed by atoms with van der Waals surface area (Å²) in [6.45, 7) is 3.83. The topological polar surface area (TPSA) is 52.5 Å². The van der Waals surface area contributed by atoms with Crippen molar-refractivity contribution < 1.29 is 10.3 Å². The fourth-order valence-corrected chi connectivity index (χ4v) is 0.362. The first kappa shape index (κ1) is 7.88. The second-order valence-corrected chi connectivity index (χ2v) is 2.47. The van der Waals surface area contributed by atoms with E-state index in [-0.39, 0.29) is 0 Å². The zero-order chi connectivity index (χ0) is 6.62. The maximum absolute atomic E-state index is 9.00. The summed E-state index contributed by atoms with van der Waals surface area (Å²) in [5, 5.41) is 17.1. The molecule has 3 heteroatoms. The Morgan fingerprint density at radius 1 is 1.50 bits per heavy atom. The van der Waals surface area contributed by atoms with Gasteiger partial charge in [-0.3, -0.25) is 0 Å². The maximum Gasteiger partial charge on any atom is 0.0604 e. The van der Waals surface area contributed by atoms with Gasteiger partial charge in [0.05, 0.1) is 5.60 Å². The number of rotatable bonds is 3. The molecule has 0 spiro atoms. The van der Waals surface area contributed by atoms with Gasteiger partial charge in [-0.2, -0.15) is 0 Å². The molecule has 3 nitrogen and oxygen atoms in total. The Kier molecular flexibility index (Phi) is 2.97. The molecule has 0 aliphatic heterocycles. The van der Waals surface area contributed by atoms with Gasteiger partial charge < -0.3 is 10.3 Å². The second-order valence-electron chi connectivity index (χ2n) is 2.47. The Labute approximate surface area is 49.3 Å². The first-order chi connectivity index (χ1) is 3.56. The monoisotopic (exact) mass is 119 g/mol. The van der Waals surface area contributed by atoms with Crippen LogP contribution in [0.2, 0.25) is 0 Å². The van der Waals surface area contributed by atoms with Crippen molar-refractivity contribution in [3.8, 4) is 0 Å². The molecular formula is C5H13NO2. The molecule has 0 bridgehead atoms. The molecule has 0 atom stereocenters. The molecule has 0 saturated heterocycles. The number of hydrogen-bond acceptors (Lipinski definition) is 3. The first-order valence-electron chi connectivity index (χ1n) is 2.65. The van der Waals surface area contributed by atoms with Crippen LogP contribution < -0.4 is 5.48 Å². The molecule has 0 saturated carbocycles. The van der Waals surface area contributed by atoms with Crippen molar-refractivity contribution in [2.75, 3.05) is 6.54 Å². The van der Waals surface area contributed by atoms with E-state index < -0.39 is 5.60 Å². The highest BCUT2D eigenvalue weighted by molar-refractivity contribution is 4.64. The van der Waals surface area contributed by atoms with E-state index in [2.05, 4.69) is 0 Å². The van der Waals surface area contributed by atoms with Crippen LogP contribution in [0, 0.1) is 0 Å². The lowest BCUT2D eigenvalue weighted by Crippen LogP contribution is -2.24. The Balaban J connectivity index is 3.11. The van der Waals surface area contributed by atoms with E-state index in [1.165, 1.54) is 0 Å². The Morgan fingerprint density at radius 2 is 2.00 bits per heavy atom. The van der Waals surface area contributed by atoms with Gasteiger partial charge in [-0.1, -0.05) is 0 Å². The van der Waals surface area contributed by atoms with Crippen LogP contribution in [0.1, 0.15) is 20.3 Å². The molecule has 0 aromatic rings. The third kappa shape index (κ3) is 5.88. The van der Waals surface area contributed by atoms with Crippen LogP contribution in [-0.4, -0.2) is 22.5 Å². The smallest absolute Gasteiger partial charge is 0.0604 e. The summed E-state index contributed by atoms with van der Waals surface area (Å²) in [4.78, 5) is 0. The Bertz CT molecular complexity index is 57.9. The number of hydroxylamine groups is 1. The van der Waals surface area contributed by atoms with E-state index in [0.29, 0.717) is 13.0 Å². The van der Waals surface area contributed by atoms with E-state index in [1.54, 1.807) is 13.8 Å². The van der Waals surface area contributed by atoms with Crippen molar-refractivity contribution in [1.29, 1.82) is 0 Å². The van der Waals surface area contributed by atoms with Crippen molar-refractivity contribution >= 4 is 0 Å². The van der Waals surface area contributed by atoms with E-state index in [9.17, 15) is 0 Å². The number of aliphatic hydroxyl groups is 1. The largest absolute Gasteiger partial charge is 0.390 e. The zero-order valence-corrected chi connectivity index (χ0v) is 5.31. The summed E-state index contributed by atoms with van der Waals surface area (Å²) < 4.78 is 0. The third-order valence-corrected chi connectivity index (χ3v) is 0.849. The average Bonchev–Trinajstić information content (AvgIpc) is 1.59. The van der Waals surface area contributed by atoms with E-state index in [4.69, 9.17) is 10.3 Å². The molecule has 0 fully saturated rings. The van der Waals surface area contributed by atoms with Crippen molar-refractivity contribution in [2.45, 2.75) is 25.9 Å². The number of hydrogen-bond donors (Lipinski definition) is 3. The van der Waals surface area contributed by atoms with E-state index in [0.717, 1.165) is 0 Å². The molecule has 0 aliphatic rings. The molecule has 0 radical (unpaired) electrons. The zero-order valence-electron chi connectivity index (χ0n) is 5.31. The molecule has 0 rings (SSSR count). The molecule has 0 heterocycles. The maximum atomic E-state index is 9.00. The molecule has 0 unspecified atom stereocenters. The van der Waals surface area contributed by atoms with Crippen LogP contribution in [0.5, 0.6) is 0 Å². The predicted molar refractivity (Wildman–Crippen MR) is 30.7 cm³/mol. The van der Waals surface area contributed by atoms with Crippen molar-refractivity contribution in [1.82, 2.24) is 5.48 Å². The summed E-state index contributed by atoms with van der Waals surface area (Å²) in [6.07, 6.45) is 0.559. The predicted octanol–water partition coefficient (Wildman–Crippen LogP) is 0.126. The SMILES string of the molecule is CC(C)(O)CCNO. The quantitative estimate of drug-likeness (QED) is 0.463. The second kappa shape index (κ2) is 3.02. The van der Waals surface area contributed by atoms with Gasteiger partial charge in [0.15, 0.2) is 0 Å². The minimum atomic E-state index is -0.671. The molecule has 50 valence electrons.